The van der Waals surface area contributed by atoms with Gasteiger partial charge in [-0.25, -0.2) is 8.78 Å². The van der Waals surface area contributed by atoms with Crippen molar-refractivity contribution in [3.05, 3.63) is 28.2 Å². The predicted molar refractivity (Wildman–Crippen MR) is 80.9 cm³/mol. The van der Waals surface area contributed by atoms with E-state index in [-0.39, 0.29) is 24.6 Å². The Labute approximate surface area is 131 Å². The van der Waals surface area contributed by atoms with E-state index in [9.17, 15) is 13.9 Å². The van der Waals surface area contributed by atoms with E-state index >= 15 is 0 Å². The molecular formula is C13H18BrClF2N2O. The van der Waals surface area contributed by atoms with E-state index in [1.807, 2.05) is 4.90 Å². The average Bonchev–Trinajstić information content (AvgIpc) is 2.37. The number of halogens is 4. The topological polar surface area (TPSA) is 35.5 Å². The molecule has 3 nitrogen and oxygen atoms in total. The number of rotatable bonds is 4. The van der Waals surface area contributed by atoms with Crippen LogP contribution in [0.3, 0.4) is 0 Å². The van der Waals surface area contributed by atoms with E-state index in [0.29, 0.717) is 18.7 Å². The van der Waals surface area contributed by atoms with Crippen LogP contribution in [0.5, 0.6) is 5.75 Å². The molecule has 1 saturated heterocycles. The fraction of sp³-hybridized carbons (Fsp3) is 0.538. The Morgan fingerprint density at radius 2 is 1.95 bits per heavy atom. The molecule has 0 aromatic heterocycles. The number of alkyl halides is 2. The summed E-state index contributed by atoms with van der Waals surface area (Å²) in [4.78, 5) is 2.01. The van der Waals surface area contributed by atoms with E-state index in [2.05, 4.69) is 21.2 Å². The zero-order chi connectivity index (χ0) is 13.8. The Balaban J connectivity index is 0.00000200. The second-order valence-corrected chi connectivity index (χ2v) is 5.55. The quantitative estimate of drug-likeness (QED) is 0.853. The van der Waals surface area contributed by atoms with Gasteiger partial charge in [0.25, 0.3) is 0 Å². The van der Waals surface area contributed by atoms with Crippen LogP contribution in [0.15, 0.2) is 22.7 Å². The van der Waals surface area contributed by atoms with Crippen molar-refractivity contribution in [2.75, 3.05) is 26.2 Å². The van der Waals surface area contributed by atoms with Crippen LogP contribution in [0.2, 0.25) is 0 Å². The Morgan fingerprint density at radius 1 is 1.30 bits per heavy atom. The summed E-state index contributed by atoms with van der Waals surface area (Å²) in [5.74, 6) is 0.0681. The van der Waals surface area contributed by atoms with Crippen molar-refractivity contribution >= 4 is 28.3 Å². The molecule has 2 N–H and O–H groups in total. The zero-order valence-corrected chi connectivity index (χ0v) is 13.3. The minimum absolute atomic E-state index is 0. The largest absolute Gasteiger partial charge is 0.508 e. The zero-order valence-electron chi connectivity index (χ0n) is 10.9. The first-order chi connectivity index (χ1) is 9.08. The number of hydrogen-bond donors (Lipinski definition) is 2. The molecule has 0 spiro atoms. The van der Waals surface area contributed by atoms with Gasteiger partial charge in [0.15, 0.2) is 0 Å². The molecule has 0 radical (unpaired) electrons. The second kappa shape index (κ2) is 8.12. The molecule has 1 aliphatic rings. The number of aromatic hydroxyl groups is 1. The van der Waals surface area contributed by atoms with Gasteiger partial charge < -0.3 is 10.4 Å². The van der Waals surface area contributed by atoms with Gasteiger partial charge in [0.1, 0.15) is 5.75 Å². The lowest BCUT2D eigenvalue weighted by Crippen LogP contribution is -2.45. The molecule has 0 saturated carbocycles. The Kier molecular flexibility index (Phi) is 7.15. The van der Waals surface area contributed by atoms with Crippen molar-refractivity contribution in [3.8, 4) is 5.75 Å². The van der Waals surface area contributed by atoms with Crippen molar-refractivity contribution in [2.24, 2.45) is 0 Å². The molecule has 1 aliphatic heterocycles. The molecule has 1 aromatic rings. The highest BCUT2D eigenvalue weighted by Crippen LogP contribution is 2.34. The molecule has 1 fully saturated rings. The summed E-state index contributed by atoms with van der Waals surface area (Å²) in [6, 6.07) is 4.61. The highest BCUT2D eigenvalue weighted by atomic mass is 79.9. The second-order valence-electron chi connectivity index (χ2n) is 4.63. The fourth-order valence-electron chi connectivity index (χ4n) is 2.43. The van der Waals surface area contributed by atoms with Gasteiger partial charge >= 0.3 is 0 Å². The highest BCUT2D eigenvalue weighted by Gasteiger charge is 2.27. The first kappa shape index (κ1) is 17.6. The van der Waals surface area contributed by atoms with Gasteiger partial charge in [0.05, 0.1) is 0 Å². The molecule has 2 rings (SSSR count). The lowest BCUT2D eigenvalue weighted by molar-refractivity contribution is 0.0730. The number of phenolic OH excluding ortho intramolecular Hbond substituents is 1. The molecule has 20 heavy (non-hydrogen) atoms. The van der Waals surface area contributed by atoms with Crippen LogP contribution < -0.4 is 5.32 Å². The molecule has 1 heterocycles. The lowest BCUT2D eigenvalue weighted by Gasteiger charge is -2.35. The van der Waals surface area contributed by atoms with Crippen LogP contribution in [-0.2, 0) is 0 Å². The van der Waals surface area contributed by atoms with Crippen molar-refractivity contribution in [3.63, 3.8) is 0 Å². The van der Waals surface area contributed by atoms with E-state index in [4.69, 9.17) is 0 Å². The monoisotopic (exact) mass is 370 g/mol. The maximum atomic E-state index is 12.8. The van der Waals surface area contributed by atoms with Gasteiger partial charge in [-0.15, -0.1) is 12.4 Å². The molecule has 0 unspecified atom stereocenters. The summed E-state index contributed by atoms with van der Waals surface area (Å²) in [5.41, 5.74) is 0.574. The van der Waals surface area contributed by atoms with Crippen LogP contribution in [-0.4, -0.2) is 42.6 Å². The molecule has 0 amide bonds. The van der Waals surface area contributed by atoms with Crippen LogP contribution in [0, 0.1) is 0 Å². The number of piperazine rings is 1. The van der Waals surface area contributed by atoms with Gasteiger partial charge in [-0.05, 0) is 12.1 Å². The van der Waals surface area contributed by atoms with Gasteiger partial charge in [0.2, 0.25) is 6.43 Å². The Morgan fingerprint density at radius 3 is 2.50 bits per heavy atom. The van der Waals surface area contributed by atoms with Gasteiger partial charge in [-0.3, -0.25) is 4.90 Å². The van der Waals surface area contributed by atoms with E-state index < -0.39 is 12.5 Å². The van der Waals surface area contributed by atoms with Crippen molar-refractivity contribution in [1.82, 2.24) is 10.2 Å². The van der Waals surface area contributed by atoms with Crippen molar-refractivity contribution in [2.45, 2.75) is 18.9 Å². The molecule has 114 valence electrons. The molecule has 1 aromatic carbocycles. The summed E-state index contributed by atoms with van der Waals surface area (Å²) >= 11 is 3.26. The van der Waals surface area contributed by atoms with Crippen LogP contribution in [0.1, 0.15) is 18.0 Å². The van der Waals surface area contributed by atoms with Gasteiger partial charge in [0, 0.05) is 48.7 Å². The SMILES string of the molecule is Cl.Oc1cc(Br)ccc1[C@@H](CC(F)F)N1CCNCC1. The summed E-state index contributed by atoms with van der Waals surface area (Å²) in [7, 11) is 0. The number of benzene rings is 1. The average molecular weight is 372 g/mol. The standard InChI is InChI=1S/C13H17BrF2N2O.ClH/c14-9-1-2-10(12(19)7-9)11(8-13(15)16)18-5-3-17-4-6-18;/h1-2,7,11,13,17,19H,3-6,8H2;1H/t11-;/m1./s1. The third-order valence-electron chi connectivity index (χ3n) is 3.35. The number of hydrogen-bond acceptors (Lipinski definition) is 3. The molecule has 7 heteroatoms. The summed E-state index contributed by atoms with van der Waals surface area (Å²) < 4.78 is 26.3. The molecular weight excluding hydrogens is 354 g/mol. The first-order valence-electron chi connectivity index (χ1n) is 6.29. The summed E-state index contributed by atoms with van der Waals surface area (Å²) in [6.45, 7) is 3.01. The Bertz CT molecular complexity index is 431. The van der Waals surface area contributed by atoms with Crippen LogP contribution >= 0.6 is 28.3 Å². The summed E-state index contributed by atoms with van der Waals surface area (Å²) in [5, 5.41) is 13.2. The van der Waals surface area contributed by atoms with E-state index in [1.165, 1.54) is 0 Å². The Hall–Kier alpha value is -0.430. The minimum atomic E-state index is -2.39. The predicted octanol–water partition coefficient (Wildman–Crippen LogP) is 3.18. The molecule has 0 aliphatic carbocycles. The molecule has 1 atom stereocenters. The third kappa shape index (κ3) is 4.55. The molecule has 0 bridgehead atoms. The number of nitrogens with one attached hydrogen (secondary N) is 1. The van der Waals surface area contributed by atoms with Crippen molar-refractivity contribution < 1.29 is 13.9 Å². The summed E-state index contributed by atoms with van der Waals surface area (Å²) in [6.07, 6.45) is -2.64. The number of nitrogens with zero attached hydrogens (tertiary/aromatic N) is 1. The van der Waals surface area contributed by atoms with Crippen LogP contribution in [0.25, 0.3) is 0 Å². The van der Waals surface area contributed by atoms with Gasteiger partial charge in [-0.1, -0.05) is 22.0 Å². The van der Waals surface area contributed by atoms with E-state index in [1.54, 1.807) is 18.2 Å². The maximum absolute atomic E-state index is 12.8. The third-order valence-corrected chi connectivity index (χ3v) is 3.84. The minimum Gasteiger partial charge on any atom is -0.508 e. The number of phenols is 1. The smallest absolute Gasteiger partial charge is 0.240 e. The first-order valence-corrected chi connectivity index (χ1v) is 7.08. The van der Waals surface area contributed by atoms with Crippen molar-refractivity contribution in [1.29, 1.82) is 0 Å². The van der Waals surface area contributed by atoms with E-state index in [0.717, 1.165) is 17.6 Å². The lowest BCUT2D eigenvalue weighted by atomic mass is 10.0. The fourth-order valence-corrected chi connectivity index (χ4v) is 2.78. The normalized spacial score (nSPS) is 17.8. The maximum Gasteiger partial charge on any atom is 0.240 e. The highest BCUT2D eigenvalue weighted by molar-refractivity contribution is 9.10. The van der Waals surface area contributed by atoms with Gasteiger partial charge in [-0.2, -0.15) is 0 Å². The van der Waals surface area contributed by atoms with Crippen LogP contribution in [0.4, 0.5) is 8.78 Å².